The van der Waals surface area contributed by atoms with Crippen molar-refractivity contribution >= 4 is 11.8 Å². The molecule has 0 aliphatic rings. The molecular formula is C15H16S. The van der Waals surface area contributed by atoms with Crippen molar-refractivity contribution in [1.29, 1.82) is 0 Å². The van der Waals surface area contributed by atoms with Crippen molar-refractivity contribution < 1.29 is 0 Å². The van der Waals surface area contributed by atoms with E-state index < -0.39 is 0 Å². The second-order valence-electron chi connectivity index (χ2n) is 4.12. The molecular weight excluding hydrogens is 212 g/mol. The Bertz CT molecular complexity index is 501. The van der Waals surface area contributed by atoms with Crippen molar-refractivity contribution in [3.63, 3.8) is 0 Å². The quantitative estimate of drug-likeness (QED) is 0.714. The molecule has 0 radical (unpaired) electrons. The number of hydrogen-bond donors (Lipinski definition) is 0. The van der Waals surface area contributed by atoms with Gasteiger partial charge in [0.2, 0.25) is 0 Å². The molecule has 2 aromatic rings. The summed E-state index contributed by atoms with van der Waals surface area (Å²) in [5.74, 6) is 0. The summed E-state index contributed by atoms with van der Waals surface area (Å²) in [6.45, 7) is 6.48. The first-order valence-corrected chi connectivity index (χ1v) is 6.29. The molecule has 0 bridgehead atoms. The minimum atomic E-state index is 1.31. The molecule has 0 saturated carbocycles. The Morgan fingerprint density at radius 1 is 0.875 bits per heavy atom. The van der Waals surface area contributed by atoms with Crippen LogP contribution in [0.2, 0.25) is 0 Å². The molecule has 0 heterocycles. The Hall–Kier alpha value is -1.21. The van der Waals surface area contributed by atoms with Gasteiger partial charge in [-0.2, -0.15) is 0 Å². The largest absolute Gasteiger partial charge is 0.0898 e. The lowest BCUT2D eigenvalue weighted by Crippen LogP contribution is -1.84. The molecule has 0 spiro atoms. The van der Waals surface area contributed by atoms with Crippen LogP contribution < -0.4 is 0 Å². The van der Waals surface area contributed by atoms with Crippen LogP contribution in [0.3, 0.4) is 0 Å². The smallest absolute Gasteiger partial charge is 0.0154 e. The van der Waals surface area contributed by atoms with E-state index in [-0.39, 0.29) is 0 Å². The van der Waals surface area contributed by atoms with Gasteiger partial charge >= 0.3 is 0 Å². The third-order valence-corrected chi connectivity index (χ3v) is 3.92. The van der Waals surface area contributed by atoms with Gasteiger partial charge in [0.15, 0.2) is 0 Å². The van der Waals surface area contributed by atoms with Crippen LogP contribution in [0.25, 0.3) is 0 Å². The summed E-state index contributed by atoms with van der Waals surface area (Å²) < 4.78 is 0. The summed E-state index contributed by atoms with van der Waals surface area (Å²) in [5.41, 5.74) is 4.06. The van der Waals surface area contributed by atoms with E-state index in [1.807, 2.05) is 11.8 Å². The molecule has 0 aliphatic carbocycles. The van der Waals surface area contributed by atoms with Gasteiger partial charge in [0.05, 0.1) is 0 Å². The summed E-state index contributed by atoms with van der Waals surface area (Å²) in [4.78, 5) is 2.67. The summed E-state index contributed by atoms with van der Waals surface area (Å²) in [6, 6.07) is 15.1. The number of hydrogen-bond acceptors (Lipinski definition) is 1. The van der Waals surface area contributed by atoms with Crippen LogP contribution in [0.15, 0.2) is 52.3 Å². The zero-order valence-electron chi connectivity index (χ0n) is 9.95. The number of rotatable bonds is 2. The van der Waals surface area contributed by atoms with E-state index in [0.29, 0.717) is 0 Å². The van der Waals surface area contributed by atoms with Crippen molar-refractivity contribution in [2.24, 2.45) is 0 Å². The van der Waals surface area contributed by atoms with E-state index in [2.05, 4.69) is 63.2 Å². The van der Waals surface area contributed by atoms with Crippen LogP contribution in [0.4, 0.5) is 0 Å². The van der Waals surface area contributed by atoms with Gasteiger partial charge in [-0.15, -0.1) is 0 Å². The summed E-state index contributed by atoms with van der Waals surface area (Å²) in [5, 5.41) is 0. The highest BCUT2D eigenvalue weighted by Crippen LogP contribution is 2.31. The predicted molar refractivity (Wildman–Crippen MR) is 71.2 cm³/mol. The molecule has 82 valence electrons. The highest BCUT2D eigenvalue weighted by molar-refractivity contribution is 7.99. The average Bonchev–Trinajstić information content (AvgIpc) is 2.25. The topological polar surface area (TPSA) is 0 Å². The Morgan fingerprint density at radius 2 is 1.62 bits per heavy atom. The van der Waals surface area contributed by atoms with Gasteiger partial charge in [0, 0.05) is 9.79 Å². The maximum atomic E-state index is 2.23. The Kier molecular flexibility index (Phi) is 3.35. The van der Waals surface area contributed by atoms with Crippen LogP contribution in [-0.2, 0) is 0 Å². The van der Waals surface area contributed by atoms with E-state index in [1.165, 1.54) is 26.5 Å². The second kappa shape index (κ2) is 4.75. The fourth-order valence-electron chi connectivity index (χ4n) is 1.64. The molecule has 1 heteroatoms. The van der Waals surface area contributed by atoms with Crippen molar-refractivity contribution in [3.8, 4) is 0 Å². The first-order valence-electron chi connectivity index (χ1n) is 5.47. The molecule has 0 unspecified atom stereocenters. The second-order valence-corrected chi connectivity index (χ2v) is 5.23. The lowest BCUT2D eigenvalue weighted by molar-refractivity contribution is 1.22. The van der Waals surface area contributed by atoms with Crippen molar-refractivity contribution in [3.05, 3.63) is 59.2 Å². The van der Waals surface area contributed by atoms with Gasteiger partial charge < -0.3 is 0 Å². The molecule has 0 fully saturated rings. The lowest BCUT2D eigenvalue weighted by Gasteiger charge is -2.08. The molecule has 16 heavy (non-hydrogen) atoms. The Morgan fingerprint density at radius 3 is 2.38 bits per heavy atom. The van der Waals surface area contributed by atoms with E-state index in [0.717, 1.165) is 0 Å². The molecule has 2 aromatic carbocycles. The van der Waals surface area contributed by atoms with Gasteiger partial charge in [-0.3, -0.25) is 0 Å². The third-order valence-electron chi connectivity index (χ3n) is 2.77. The molecule has 0 aliphatic heterocycles. The standard InChI is InChI=1S/C15H16S/c1-11-6-4-8-14(10-11)16-15-9-5-7-12(2)13(15)3/h4-10H,1-3H3. The van der Waals surface area contributed by atoms with E-state index in [1.54, 1.807) is 0 Å². The molecule has 0 N–H and O–H groups in total. The van der Waals surface area contributed by atoms with Crippen LogP contribution in [0, 0.1) is 20.8 Å². The number of aryl methyl sites for hydroxylation is 2. The van der Waals surface area contributed by atoms with Gasteiger partial charge in [-0.05, 0) is 50.1 Å². The minimum Gasteiger partial charge on any atom is -0.0898 e. The van der Waals surface area contributed by atoms with Crippen LogP contribution in [0.1, 0.15) is 16.7 Å². The monoisotopic (exact) mass is 228 g/mol. The Labute approximate surface area is 102 Å². The molecule has 0 atom stereocenters. The Balaban J connectivity index is 2.31. The molecule has 0 saturated heterocycles. The fourth-order valence-corrected chi connectivity index (χ4v) is 2.75. The lowest BCUT2D eigenvalue weighted by atomic mass is 10.1. The van der Waals surface area contributed by atoms with E-state index in [9.17, 15) is 0 Å². The minimum absolute atomic E-state index is 1.31. The summed E-state index contributed by atoms with van der Waals surface area (Å²) in [7, 11) is 0. The SMILES string of the molecule is Cc1cccc(Sc2cccc(C)c2C)c1. The van der Waals surface area contributed by atoms with Crippen molar-refractivity contribution in [1.82, 2.24) is 0 Å². The maximum absolute atomic E-state index is 2.23. The van der Waals surface area contributed by atoms with E-state index in [4.69, 9.17) is 0 Å². The first kappa shape index (κ1) is 11.3. The normalized spacial score (nSPS) is 10.4. The van der Waals surface area contributed by atoms with Crippen LogP contribution in [-0.4, -0.2) is 0 Å². The van der Waals surface area contributed by atoms with Crippen molar-refractivity contribution in [2.75, 3.05) is 0 Å². The van der Waals surface area contributed by atoms with Gasteiger partial charge in [-0.1, -0.05) is 41.6 Å². The van der Waals surface area contributed by atoms with E-state index >= 15 is 0 Å². The molecule has 0 aromatic heterocycles. The average molecular weight is 228 g/mol. The fraction of sp³-hybridized carbons (Fsp3) is 0.200. The van der Waals surface area contributed by atoms with Crippen LogP contribution >= 0.6 is 11.8 Å². The summed E-state index contributed by atoms with van der Waals surface area (Å²) >= 11 is 1.84. The predicted octanol–water partition coefficient (Wildman–Crippen LogP) is 4.76. The molecule has 0 nitrogen and oxygen atoms in total. The highest BCUT2D eigenvalue weighted by atomic mass is 32.2. The van der Waals surface area contributed by atoms with Gasteiger partial charge in [0.25, 0.3) is 0 Å². The first-order chi connectivity index (χ1) is 7.66. The molecule has 2 rings (SSSR count). The zero-order chi connectivity index (χ0) is 11.5. The number of benzene rings is 2. The third kappa shape index (κ3) is 2.48. The zero-order valence-corrected chi connectivity index (χ0v) is 10.8. The van der Waals surface area contributed by atoms with Gasteiger partial charge in [0.1, 0.15) is 0 Å². The van der Waals surface area contributed by atoms with Crippen molar-refractivity contribution in [2.45, 2.75) is 30.6 Å². The van der Waals surface area contributed by atoms with Crippen LogP contribution in [0.5, 0.6) is 0 Å². The molecule has 0 amide bonds. The van der Waals surface area contributed by atoms with Gasteiger partial charge in [-0.25, -0.2) is 0 Å². The maximum Gasteiger partial charge on any atom is 0.0154 e. The summed E-state index contributed by atoms with van der Waals surface area (Å²) in [6.07, 6.45) is 0. The highest BCUT2D eigenvalue weighted by Gasteiger charge is 2.02.